The number of rotatable bonds is 10. The van der Waals surface area contributed by atoms with Crippen molar-refractivity contribution in [2.45, 2.75) is 18.7 Å². The molecule has 184 valence electrons. The van der Waals surface area contributed by atoms with Crippen molar-refractivity contribution in [3.63, 3.8) is 0 Å². The Hall–Kier alpha value is -3.47. The molecular formula is C25H28N4O5S. The van der Waals surface area contributed by atoms with E-state index in [1.807, 2.05) is 48.1 Å². The van der Waals surface area contributed by atoms with Gasteiger partial charge in [-0.05, 0) is 25.5 Å². The third-order valence-electron chi connectivity index (χ3n) is 5.73. The second-order valence-electron chi connectivity index (χ2n) is 8.02. The summed E-state index contributed by atoms with van der Waals surface area (Å²) in [6.45, 7) is 3.84. The molecule has 0 N–H and O–H groups in total. The SMILES string of the molecule is COCCOCN(c1onc(C)c1C)S(=O)(=O)c1ccccc1-c1ccc(-c2nccn2C)cc1. The van der Waals surface area contributed by atoms with Crippen molar-refractivity contribution in [2.75, 3.05) is 31.4 Å². The van der Waals surface area contributed by atoms with Gasteiger partial charge in [0.1, 0.15) is 12.6 Å². The van der Waals surface area contributed by atoms with E-state index in [1.54, 1.807) is 45.4 Å². The summed E-state index contributed by atoms with van der Waals surface area (Å²) in [5.41, 5.74) is 3.49. The fourth-order valence-electron chi connectivity index (χ4n) is 3.65. The topological polar surface area (TPSA) is 99.7 Å². The number of ether oxygens (including phenoxy) is 2. The molecule has 0 bridgehead atoms. The van der Waals surface area contributed by atoms with Crippen molar-refractivity contribution in [1.82, 2.24) is 14.7 Å². The van der Waals surface area contributed by atoms with Gasteiger partial charge in [0.05, 0.1) is 23.8 Å². The van der Waals surface area contributed by atoms with E-state index in [0.717, 1.165) is 21.3 Å². The highest BCUT2D eigenvalue weighted by molar-refractivity contribution is 7.93. The third-order valence-corrected chi connectivity index (χ3v) is 7.49. The van der Waals surface area contributed by atoms with Gasteiger partial charge in [0, 0.05) is 43.2 Å². The molecule has 0 saturated heterocycles. The number of aromatic nitrogens is 3. The third kappa shape index (κ3) is 5.00. The van der Waals surface area contributed by atoms with Gasteiger partial charge in [-0.25, -0.2) is 17.7 Å². The molecule has 4 aromatic rings. The van der Waals surface area contributed by atoms with E-state index >= 15 is 0 Å². The van der Waals surface area contributed by atoms with E-state index in [-0.39, 0.29) is 24.1 Å². The summed E-state index contributed by atoms with van der Waals surface area (Å²) in [6, 6.07) is 14.5. The summed E-state index contributed by atoms with van der Waals surface area (Å²) in [5.74, 6) is 0.952. The Labute approximate surface area is 205 Å². The molecule has 4 rings (SSSR count). The molecule has 35 heavy (non-hydrogen) atoms. The van der Waals surface area contributed by atoms with Crippen molar-refractivity contribution in [1.29, 1.82) is 0 Å². The summed E-state index contributed by atoms with van der Waals surface area (Å²) in [4.78, 5) is 4.51. The number of nitrogens with zero attached hydrogens (tertiary/aromatic N) is 4. The second-order valence-corrected chi connectivity index (χ2v) is 9.85. The standard InChI is InChI=1S/C25H28N4O5S/c1-18-19(2)27-34-25(18)29(17-33-16-15-32-4)35(30,31)23-8-6-5-7-22(23)20-9-11-21(12-10-20)24-26-13-14-28(24)3/h5-14H,15-17H2,1-4H3. The maximum absolute atomic E-state index is 14.0. The molecule has 0 spiro atoms. The highest BCUT2D eigenvalue weighted by Gasteiger charge is 2.32. The molecule has 2 heterocycles. The first-order chi connectivity index (χ1) is 16.8. The molecule has 9 nitrogen and oxygen atoms in total. The minimum Gasteiger partial charge on any atom is -0.382 e. The Morgan fingerprint density at radius 3 is 2.37 bits per heavy atom. The van der Waals surface area contributed by atoms with Crippen LogP contribution in [0.4, 0.5) is 5.88 Å². The number of sulfonamides is 1. The monoisotopic (exact) mass is 496 g/mol. The average molecular weight is 497 g/mol. The normalized spacial score (nSPS) is 11.7. The van der Waals surface area contributed by atoms with Gasteiger partial charge in [0.25, 0.3) is 10.0 Å². The minimum atomic E-state index is -4.07. The van der Waals surface area contributed by atoms with Crippen LogP contribution in [0.1, 0.15) is 11.3 Å². The van der Waals surface area contributed by atoms with Crippen LogP contribution in [0.2, 0.25) is 0 Å². The van der Waals surface area contributed by atoms with Crippen LogP contribution >= 0.6 is 0 Å². The molecule has 2 aromatic heterocycles. The number of benzene rings is 2. The molecule has 0 aliphatic carbocycles. The second kappa shape index (κ2) is 10.4. The lowest BCUT2D eigenvalue weighted by Gasteiger charge is -2.23. The van der Waals surface area contributed by atoms with Crippen LogP contribution in [0.5, 0.6) is 0 Å². The Kier molecular flexibility index (Phi) is 7.34. The van der Waals surface area contributed by atoms with E-state index < -0.39 is 10.0 Å². The molecular weight excluding hydrogens is 468 g/mol. The Balaban J connectivity index is 1.74. The molecule has 0 amide bonds. The van der Waals surface area contributed by atoms with Crippen LogP contribution < -0.4 is 4.31 Å². The molecule has 10 heteroatoms. The van der Waals surface area contributed by atoms with Crippen LogP contribution in [0.3, 0.4) is 0 Å². The van der Waals surface area contributed by atoms with E-state index in [0.29, 0.717) is 23.4 Å². The molecule has 0 radical (unpaired) electrons. The maximum Gasteiger partial charge on any atom is 0.269 e. The molecule has 2 aromatic carbocycles. The Bertz CT molecular complexity index is 1390. The van der Waals surface area contributed by atoms with Gasteiger partial charge in [-0.3, -0.25) is 0 Å². The van der Waals surface area contributed by atoms with E-state index in [1.165, 1.54) is 0 Å². The molecule has 0 fully saturated rings. The lowest BCUT2D eigenvalue weighted by atomic mass is 10.0. The predicted molar refractivity (Wildman–Crippen MR) is 132 cm³/mol. The minimum absolute atomic E-state index is 0.125. The van der Waals surface area contributed by atoms with Gasteiger partial charge >= 0.3 is 0 Å². The van der Waals surface area contributed by atoms with Crippen molar-refractivity contribution in [3.05, 3.63) is 72.2 Å². The largest absolute Gasteiger partial charge is 0.382 e. The summed E-state index contributed by atoms with van der Waals surface area (Å²) in [6.07, 6.45) is 3.61. The van der Waals surface area contributed by atoms with Crippen molar-refractivity contribution in [2.24, 2.45) is 7.05 Å². The highest BCUT2D eigenvalue weighted by Crippen LogP contribution is 2.34. The molecule has 0 atom stereocenters. The summed E-state index contributed by atoms with van der Waals surface area (Å²) < 4.78 is 47.0. The van der Waals surface area contributed by atoms with Gasteiger partial charge in [-0.1, -0.05) is 47.6 Å². The zero-order valence-corrected chi connectivity index (χ0v) is 20.9. The zero-order valence-electron chi connectivity index (χ0n) is 20.1. The Morgan fingerprint density at radius 2 is 1.74 bits per heavy atom. The van der Waals surface area contributed by atoms with Crippen molar-refractivity contribution in [3.8, 4) is 22.5 Å². The van der Waals surface area contributed by atoms with Gasteiger partial charge < -0.3 is 18.6 Å². The van der Waals surface area contributed by atoms with Crippen LogP contribution in [-0.2, 0) is 26.5 Å². The Morgan fingerprint density at radius 1 is 1.03 bits per heavy atom. The predicted octanol–water partition coefficient (Wildman–Crippen LogP) is 4.17. The maximum atomic E-state index is 14.0. The van der Waals surface area contributed by atoms with Gasteiger partial charge in [-0.2, -0.15) is 0 Å². The van der Waals surface area contributed by atoms with E-state index in [2.05, 4.69) is 10.1 Å². The van der Waals surface area contributed by atoms with Gasteiger partial charge in [-0.15, -0.1) is 0 Å². The first-order valence-corrected chi connectivity index (χ1v) is 12.5. The van der Waals surface area contributed by atoms with E-state index in [9.17, 15) is 8.42 Å². The molecule has 0 aliphatic heterocycles. The van der Waals surface area contributed by atoms with E-state index in [4.69, 9.17) is 14.0 Å². The van der Waals surface area contributed by atoms with Gasteiger partial charge in [0.2, 0.25) is 5.88 Å². The smallest absolute Gasteiger partial charge is 0.269 e. The van der Waals surface area contributed by atoms with Crippen LogP contribution in [0.15, 0.2) is 70.3 Å². The first-order valence-electron chi connectivity index (χ1n) is 11.0. The zero-order chi connectivity index (χ0) is 25.0. The van der Waals surface area contributed by atoms with Crippen molar-refractivity contribution >= 4 is 15.9 Å². The fourth-order valence-corrected chi connectivity index (χ4v) is 5.21. The van der Waals surface area contributed by atoms with Crippen LogP contribution in [-0.4, -0.2) is 50.2 Å². The van der Waals surface area contributed by atoms with Crippen LogP contribution in [0.25, 0.3) is 22.5 Å². The number of hydrogen-bond acceptors (Lipinski definition) is 7. The number of hydrogen-bond donors (Lipinski definition) is 0. The van der Waals surface area contributed by atoms with Crippen molar-refractivity contribution < 1.29 is 22.4 Å². The fraction of sp³-hybridized carbons (Fsp3) is 0.280. The quantitative estimate of drug-likeness (QED) is 0.240. The lowest BCUT2D eigenvalue weighted by Crippen LogP contribution is -2.34. The summed E-state index contributed by atoms with van der Waals surface area (Å²) >= 11 is 0. The van der Waals surface area contributed by atoms with Crippen LogP contribution in [0, 0.1) is 13.8 Å². The molecule has 0 saturated carbocycles. The summed E-state index contributed by atoms with van der Waals surface area (Å²) in [5, 5.41) is 3.94. The number of methoxy groups -OCH3 is 1. The molecule has 0 unspecified atom stereocenters. The number of anilines is 1. The first kappa shape index (κ1) is 24.6. The average Bonchev–Trinajstić information content (AvgIpc) is 3.44. The number of aryl methyl sites for hydroxylation is 2. The summed E-state index contributed by atoms with van der Waals surface area (Å²) in [7, 11) is -0.594. The number of imidazole rings is 1. The van der Waals surface area contributed by atoms with Gasteiger partial charge in [0.15, 0.2) is 0 Å². The lowest BCUT2D eigenvalue weighted by molar-refractivity contribution is 0.0744. The molecule has 0 aliphatic rings. The highest BCUT2D eigenvalue weighted by atomic mass is 32.2.